The molecule has 1 aromatic heterocycles. The molecule has 2 rings (SSSR count). The van der Waals surface area contributed by atoms with E-state index in [2.05, 4.69) is 15.2 Å². The summed E-state index contributed by atoms with van der Waals surface area (Å²) in [5.74, 6) is 0.274. The maximum Gasteiger partial charge on any atom is 0.256 e. The molecule has 0 atom stereocenters. The number of H-pyrrole nitrogens is 1. The van der Waals surface area contributed by atoms with E-state index < -0.39 is 5.82 Å². The number of halogens is 1. The van der Waals surface area contributed by atoms with E-state index in [1.165, 1.54) is 17.0 Å². The standard InChI is InChI=1S/C13H15FN4O/c1-8-4-5-11(14)10(6-8)13(19)18(3)7-12-15-9(2)16-17-12/h4-6H,7H2,1-3H3,(H,15,16,17). The average Bonchev–Trinajstić information content (AvgIpc) is 2.77. The normalized spacial score (nSPS) is 10.5. The quantitative estimate of drug-likeness (QED) is 0.918. The van der Waals surface area contributed by atoms with E-state index in [-0.39, 0.29) is 18.0 Å². The van der Waals surface area contributed by atoms with Crippen molar-refractivity contribution in [3.8, 4) is 0 Å². The lowest BCUT2D eigenvalue weighted by Crippen LogP contribution is -2.27. The van der Waals surface area contributed by atoms with E-state index >= 15 is 0 Å². The second-order valence-electron chi connectivity index (χ2n) is 4.48. The molecule has 0 aliphatic rings. The highest BCUT2D eigenvalue weighted by Crippen LogP contribution is 2.13. The van der Waals surface area contributed by atoms with Crippen molar-refractivity contribution in [3.63, 3.8) is 0 Å². The molecule has 1 N–H and O–H groups in total. The summed E-state index contributed by atoms with van der Waals surface area (Å²) in [6.07, 6.45) is 0. The Morgan fingerprint density at radius 3 is 2.79 bits per heavy atom. The van der Waals surface area contributed by atoms with Crippen LogP contribution in [0.3, 0.4) is 0 Å². The van der Waals surface area contributed by atoms with E-state index in [4.69, 9.17) is 0 Å². The number of aromatic nitrogens is 3. The summed E-state index contributed by atoms with van der Waals surface area (Å²) in [5.41, 5.74) is 0.904. The molecule has 5 nitrogen and oxygen atoms in total. The van der Waals surface area contributed by atoms with Crippen LogP contribution in [0.1, 0.15) is 27.6 Å². The summed E-state index contributed by atoms with van der Waals surface area (Å²) < 4.78 is 13.6. The first-order valence-corrected chi connectivity index (χ1v) is 5.87. The van der Waals surface area contributed by atoms with Crippen molar-refractivity contribution in [2.75, 3.05) is 7.05 Å². The molecule has 1 heterocycles. The number of nitrogens with one attached hydrogen (secondary N) is 1. The molecule has 0 aliphatic heterocycles. The van der Waals surface area contributed by atoms with Gasteiger partial charge in [0, 0.05) is 7.05 Å². The van der Waals surface area contributed by atoms with Gasteiger partial charge < -0.3 is 4.90 Å². The van der Waals surface area contributed by atoms with Gasteiger partial charge in [0.25, 0.3) is 5.91 Å². The summed E-state index contributed by atoms with van der Waals surface area (Å²) in [4.78, 5) is 17.7. The Labute approximate surface area is 110 Å². The van der Waals surface area contributed by atoms with E-state index in [9.17, 15) is 9.18 Å². The van der Waals surface area contributed by atoms with Gasteiger partial charge in [-0.3, -0.25) is 9.89 Å². The van der Waals surface area contributed by atoms with Crippen molar-refractivity contribution in [2.45, 2.75) is 20.4 Å². The van der Waals surface area contributed by atoms with Crippen LogP contribution < -0.4 is 0 Å². The fourth-order valence-corrected chi connectivity index (χ4v) is 1.75. The van der Waals surface area contributed by atoms with E-state index in [1.807, 2.05) is 6.92 Å². The van der Waals surface area contributed by atoms with Crippen molar-refractivity contribution in [2.24, 2.45) is 0 Å². The number of hydrogen-bond donors (Lipinski definition) is 1. The molecule has 1 amide bonds. The summed E-state index contributed by atoms with van der Waals surface area (Å²) >= 11 is 0. The molecule has 0 unspecified atom stereocenters. The molecule has 0 fully saturated rings. The molecular formula is C13H15FN4O. The highest BCUT2D eigenvalue weighted by atomic mass is 19.1. The fourth-order valence-electron chi connectivity index (χ4n) is 1.75. The number of benzene rings is 1. The highest BCUT2D eigenvalue weighted by molar-refractivity contribution is 5.94. The first-order valence-electron chi connectivity index (χ1n) is 5.87. The van der Waals surface area contributed by atoms with Crippen LogP contribution in [-0.4, -0.2) is 33.0 Å². The van der Waals surface area contributed by atoms with Crippen LogP contribution >= 0.6 is 0 Å². The van der Waals surface area contributed by atoms with Crippen molar-refractivity contribution in [1.82, 2.24) is 20.1 Å². The molecule has 0 radical (unpaired) electrons. The number of aromatic amines is 1. The number of rotatable bonds is 3. The maximum atomic E-state index is 13.6. The van der Waals surface area contributed by atoms with Crippen LogP contribution in [0, 0.1) is 19.7 Å². The maximum absolute atomic E-state index is 13.6. The third-order valence-electron chi connectivity index (χ3n) is 2.72. The Bertz CT molecular complexity index is 608. The minimum Gasteiger partial charge on any atom is -0.334 e. The van der Waals surface area contributed by atoms with Gasteiger partial charge in [-0.1, -0.05) is 11.6 Å². The summed E-state index contributed by atoms with van der Waals surface area (Å²) in [5, 5.41) is 6.65. The van der Waals surface area contributed by atoms with Gasteiger partial charge in [0.05, 0.1) is 12.1 Å². The molecule has 2 aromatic rings. The zero-order chi connectivity index (χ0) is 14.0. The Morgan fingerprint density at radius 2 is 2.16 bits per heavy atom. The van der Waals surface area contributed by atoms with Gasteiger partial charge in [-0.05, 0) is 26.0 Å². The molecule has 0 saturated heterocycles. The minimum absolute atomic E-state index is 0.0646. The van der Waals surface area contributed by atoms with Crippen molar-refractivity contribution >= 4 is 5.91 Å². The number of amides is 1. The molecule has 0 saturated carbocycles. The van der Waals surface area contributed by atoms with Crippen molar-refractivity contribution in [1.29, 1.82) is 0 Å². The van der Waals surface area contributed by atoms with Gasteiger partial charge in [-0.25, -0.2) is 9.37 Å². The van der Waals surface area contributed by atoms with Crippen molar-refractivity contribution in [3.05, 3.63) is 46.8 Å². The number of carbonyl (C=O) groups is 1. The third-order valence-corrected chi connectivity index (χ3v) is 2.72. The van der Waals surface area contributed by atoms with Crippen LogP contribution in [0.25, 0.3) is 0 Å². The van der Waals surface area contributed by atoms with Gasteiger partial charge >= 0.3 is 0 Å². The molecule has 100 valence electrons. The van der Waals surface area contributed by atoms with Gasteiger partial charge in [0.2, 0.25) is 0 Å². The van der Waals surface area contributed by atoms with Crippen molar-refractivity contribution < 1.29 is 9.18 Å². The molecular weight excluding hydrogens is 247 g/mol. The zero-order valence-electron chi connectivity index (χ0n) is 11.1. The molecule has 19 heavy (non-hydrogen) atoms. The van der Waals surface area contributed by atoms with Crippen LogP contribution in [0.2, 0.25) is 0 Å². The van der Waals surface area contributed by atoms with Crippen LogP contribution in [0.5, 0.6) is 0 Å². The van der Waals surface area contributed by atoms with E-state index in [0.29, 0.717) is 11.6 Å². The zero-order valence-corrected chi connectivity index (χ0v) is 11.1. The van der Waals surface area contributed by atoms with Crippen LogP contribution in [0.15, 0.2) is 18.2 Å². The first kappa shape index (κ1) is 13.2. The smallest absolute Gasteiger partial charge is 0.256 e. The predicted octanol–water partition coefficient (Wildman–Crippen LogP) is 1.83. The Morgan fingerprint density at radius 1 is 1.42 bits per heavy atom. The number of nitrogens with zero attached hydrogens (tertiary/aromatic N) is 3. The lowest BCUT2D eigenvalue weighted by molar-refractivity contribution is 0.0777. The third kappa shape index (κ3) is 2.96. The van der Waals surface area contributed by atoms with Gasteiger partial charge in [-0.2, -0.15) is 5.10 Å². The largest absolute Gasteiger partial charge is 0.334 e. The lowest BCUT2D eigenvalue weighted by Gasteiger charge is -2.16. The SMILES string of the molecule is Cc1ccc(F)c(C(=O)N(C)Cc2n[nH]c(C)n2)c1. The Balaban J connectivity index is 2.16. The molecule has 0 aliphatic carbocycles. The Hall–Kier alpha value is -2.24. The summed E-state index contributed by atoms with van der Waals surface area (Å²) in [6, 6.07) is 4.47. The van der Waals surface area contributed by atoms with E-state index in [0.717, 1.165) is 5.56 Å². The highest BCUT2D eigenvalue weighted by Gasteiger charge is 2.17. The van der Waals surface area contributed by atoms with E-state index in [1.54, 1.807) is 20.0 Å². The molecule has 0 bridgehead atoms. The molecule has 1 aromatic carbocycles. The summed E-state index contributed by atoms with van der Waals surface area (Å²) in [7, 11) is 1.59. The fraction of sp³-hybridized carbons (Fsp3) is 0.308. The number of hydrogen-bond acceptors (Lipinski definition) is 3. The molecule has 0 spiro atoms. The second kappa shape index (κ2) is 5.17. The van der Waals surface area contributed by atoms with Gasteiger partial charge in [0.15, 0.2) is 5.82 Å². The number of aryl methyl sites for hydroxylation is 2. The predicted molar refractivity (Wildman–Crippen MR) is 68.1 cm³/mol. The number of carbonyl (C=O) groups excluding carboxylic acids is 1. The summed E-state index contributed by atoms with van der Waals surface area (Å²) in [6.45, 7) is 3.82. The topological polar surface area (TPSA) is 61.9 Å². The lowest BCUT2D eigenvalue weighted by atomic mass is 10.1. The molecule has 6 heteroatoms. The monoisotopic (exact) mass is 262 g/mol. The van der Waals surface area contributed by atoms with Gasteiger partial charge in [0.1, 0.15) is 11.6 Å². The van der Waals surface area contributed by atoms with Gasteiger partial charge in [-0.15, -0.1) is 0 Å². The second-order valence-corrected chi connectivity index (χ2v) is 4.48. The first-order chi connectivity index (χ1) is 8.97. The van der Waals surface area contributed by atoms with Crippen LogP contribution in [-0.2, 0) is 6.54 Å². The average molecular weight is 262 g/mol. The Kier molecular flexibility index (Phi) is 3.59. The van der Waals surface area contributed by atoms with Crippen LogP contribution in [0.4, 0.5) is 4.39 Å². The minimum atomic E-state index is -0.520.